The van der Waals surface area contributed by atoms with E-state index in [9.17, 15) is 0 Å². The van der Waals surface area contributed by atoms with E-state index in [-0.39, 0.29) is 5.41 Å². The zero-order valence-electron chi connectivity index (χ0n) is 12.9. The Morgan fingerprint density at radius 1 is 1.24 bits per heavy atom. The summed E-state index contributed by atoms with van der Waals surface area (Å²) in [5.41, 5.74) is 1.33. The number of aromatic nitrogens is 2. The number of ether oxygens (including phenoxy) is 1. The summed E-state index contributed by atoms with van der Waals surface area (Å²) in [7, 11) is 0. The second kappa shape index (κ2) is 7.33. The van der Waals surface area contributed by atoms with Crippen molar-refractivity contribution in [3.63, 3.8) is 0 Å². The van der Waals surface area contributed by atoms with Gasteiger partial charge in [0.25, 0.3) is 5.89 Å². The first kappa shape index (κ1) is 15.7. The molecule has 0 fully saturated rings. The van der Waals surface area contributed by atoms with E-state index in [0.717, 1.165) is 13.1 Å². The highest BCUT2D eigenvalue weighted by molar-refractivity contribution is 5.14. The van der Waals surface area contributed by atoms with Gasteiger partial charge in [-0.25, -0.2) is 0 Å². The Balaban J connectivity index is 1.66. The molecule has 0 aliphatic heterocycles. The van der Waals surface area contributed by atoms with Crippen molar-refractivity contribution in [2.75, 3.05) is 13.2 Å². The molecule has 1 N–H and O–H groups in total. The van der Waals surface area contributed by atoms with Crippen molar-refractivity contribution in [2.45, 2.75) is 33.9 Å². The molecule has 2 aromatic rings. The van der Waals surface area contributed by atoms with Crippen molar-refractivity contribution in [3.05, 3.63) is 47.6 Å². The quantitative estimate of drug-likeness (QED) is 0.809. The van der Waals surface area contributed by atoms with Crippen molar-refractivity contribution in [1.29, 1.82) is 0 Å². The summed E-state index contributed by atoms with van der Waals surface area (Å²) in [5.74, 6) is 1.16. The number of hydrogen-bond donors (Lipinski definition) is 1. The Labute approximate surface area is 125 Å². The van der Waals surface area contributed by atoms with Crippen LogP contribution in [-0.2, 0) is 17.9 Å². The van der Waals surface area contributed by atoms with E-state index in [4.69, 9.17) is 9.26 Å². The number of nitrogens with one attached hydrogen (secondary N) is 1. The van der Waals surface area contributed by atoms with E-state index >= 15 is 0 Å². The van der Waals surface area contributed by atoms with Crippen LogP contribution in [-0.4, -0.2) is 23.3 Å². The van der Waals surface area contributed by atoms with Gasteiger partial charge in [0.15, 0.2) is 5.82 Å². The first-order chi connectivity index (χ1) is 10.1. The molecule has 1 aromatic heterocycles. The lowest BCUT2D eigenvalue weighted by Crippen LogP contribution is -2.33. The van der Waals surface area contributed by atoms with Gasteiger partial charge >= 0.3 is 0 Å². The summed E-state index contributed by atoms with van der Waals surface area (Å²) in [6.07, 6.45) is 0. The van der Waals surface area contributed by atoms with Crippen molar-refractivity contribution in [1.82, 2.24) is 15.5 Å². The predicted molar refractivity (Wildman–Crippen MR) is 80.6 cm³/mol. The molecular formula is C16H23N3O2. The molecule has 0 radical (unpaired) electrons. The number of hydrogen-bond acceptors (Lipinski definition) is 5. The molecule has 114 valence electrons. The van der Waals surface area contributed by atoms with Gasteiger partial charge < -0.3 is 14.6 Å². The molecular weight excluding hydrogens is 266 g/mol. The third-order valence-electron chi connectivity index (χ3n) is 3.06. The molecule has 0 saturated heterocycles. The summed E-state index contributed by atoms with van der Waals surface area (Å²) < 4.78 is 10.7. The van der Waals surface area contributed by atoms with Crippen LogP contribution < -0.4 is 5.32 Å². The van der Waals surface area contributed by atoms with Crippen molar-refractivity contribution in [3.8, 4) is 0 Å². The highest BCUT2D eigenvalue weighted by Gasteiger charge is 2.18. The summed E-state index contributed by atoms with van der Waals surface area (Å²) in [6.45, 7) is 8.88. The molecule has 0 atom stereocenters. The average molecular weight is 289 g/mol. The van der Waals surface area contributed by atoms with Crippen LogP contribution in [0.15, 0.2) is 34.9 Å². The summed E-state index contributed by atoms with van der Waals surface area (Å²) in [5, 5.41) is 7.20. The number of aryl methyl sites for hydroxylation is 1. The fourth-order valence-corrected chi connectivity index (χ4v) is 2.01. The fourth-order valence-electron chi connectivity index (χ4n) is 2.01. The molecule has 1 heterocycles. The maximum atomic E-state index is 5.66. The third kappa shape index (κ3) is 5.65. The molecule has 0 aliphatic carbocycles. The van der Waals surface area contributed by atoms with Gasteiger partial charge in [0, 0.05) is 18.5 Å². The normalized spacial score (nSPS) is 11.8. The van der Waals surface area contributed by atoms with Gasteiger partial charge in [0.2, 0.25) is 0 Å². The van der Waals surface area contributed by atoms with E-state index < -0.39 is 0 Å². The van der Waals surface area contributed by atoms with Crippen molar-refractivity contribution < 1.29 is 9.26 Å². The molecule has 0 aliphatic rings. The Kier molecular flexibility index (Phi) is 5.47. The Bertz CT molecular complexity index is 537. The van der Waals surface area contributed by atoms with Gasteiger partial charge in [-0.1, -0.05) is 49.3 Å². The molecule has 21 heavy (non-hydrogen) atoms. The predicted octanol–water partition coefficient (Wildman–Crippen LogP) is 2.71. The molecule has 0 bridgehead atoms. The number of rotatable bonds is 8. The van der Waals surface area contributed by atoms with Gasteiger partial charge in [-0.2, -0.15) is 4.98 Å². The lowest BCUT2D eigenvalue weighted by Gasteiger charge is -2.24. The highest BCUT2D eigenvalue weighted by atomic mass is 16.5. The topological polar surface area (TPSA) is 60.2 Å². The molecule has 0 unspecified atom stereocenters. The minimum absolute atomic E-state index is 0.0455. The average Bonchev–Trinajstić information content (AvgIpc) is 2.85. The second-order valence-corrected chi connectivity index (χ2v) is 5.98. The van der Waals surface area contributed by atoms with Gasteiger partial charge in [0.05, 0.1) is 6.61 Å². The number of nitrogens with zero attached hydrogens (tertiary/aromatic N) is 2. The fraction of sp³-hybridized carbons (Fsp3) is 0.500. The summed E-state index contributed by atoms with van der Waals surface area (Å²) >= 11 is 0. The Hall–Kier alpha value is -1.72. The SMILES string of the molecule is Cc1noc(COCC(C)(C)CNCc2ccccc2)n1. The van der Waals surface area contributed by atoms with Crippen LogP contribution in [0, 0.1) is 12.3 Å². The zero-order chi connectivity index (χ0) is 15.1. The third-order valence-corrected chi connectivity index (χ3v) is 3.06. The van der Waals surface area contributed by atoms with E-state index in [1.165, 1.54) is 5.56 Å². The zero-order valence-corrected chi connectivity index (χ0v) is 12.9. The van der Waals surface area contributed by atoms with Gasteiger partial charge in [-0.3, -0.25) is 0 Å². The van der Waals surface area contributed by atoms with Crippen LogP contribution in [0.5, 0.6) is 0 Å². The summed E-state index contributed by atoms with van der Waals surface area (Å²) in [6, 6.07) is 10.4. The largest absolute Gasteiger partial charge is 0.371 e. The molecule has 0 saturated carbocycles. The lowest BCUT2D eigenvalue weighted by atomic mass is 9.95. The maximum Gasteiger partial charge on any atom is 0.252 e. The van der Waals surface area contributed by atoms with Crippen LogP contribution in [0.1, 0.15) is 31.1 Å². The van der Waals surface area contributed by atoms with Crippen LogP contribution in [0.4, 0.5) is 0 Å². The maximum absolute atomic E-state index is 5.66. The van der Waals surface area contributed by atoms with Crippen molar-refractivity contribution >= 4 is 0 Å². The van der Waals surface area contributed by atoms with Gasteiger partial charge in [0.1, 0.15) is 6.61 Å². The highest BCUT2D eigenvalue weighted by Crippen LogP contribution is 2.15. The van der Waals surface area contributed by atoms with E-state index in [2.05, 4.69) is 53.6 Å². The minimum Gasteiger partial charge on any atom is -0.371 e. The smallest absolute Gasteiger partial charge is 0.252 e. The lowest BCUT2D eigenvalue weighted by molar-refractivity contribution is 0.0376. The monoisotopic (exact) mass is 289 g/mol. The van der Waals surface area contributed by atoms with E-state index in [0.29, 0.717) is 24.9 Å². The first-order valence-corrected chi connectivity index (χ1v) is 7.17. The Morgan fingerprint density at radius 2 is 2.00 bits per heavy atom. The van der Waals surface area contributed by atoms with Crippen LogP contribution >= 0.6 is 0 Å². The van der Waals surface area contributed by atoms with Crippen LogP contribution in [0.3, 0.4) is 0 Å². The van der Waals surface area contributed by atoms with Crippen LogP contribution in [0.25, 0.3) is 0 Å². The second-order valence-electron chi connectivity index (χ2n) is 5.98. The molecule has 1 aromatic carbocycles. The molecule has 0 amide bonds. The first-order valence-electron chi connectivity index (χ1n) is 7.17. The molecule has 0 spiro atoms. The van der Waals surface area contributed by atoms with E-state index in [1.807, 2.05) is 6.07 Å². The minimum atomic E-state index is 0.0455. The standard InChI is InChI=1S/C16H23N3O2/c1-13-18-15(21-19-13)10-20-12-16(2,3)11-17-9-14-7-5-4-6-8-14/h4-8,17H,9-12H2,1-3H3. The molecule has 2 rings (SSSR count). The summed E-state index contributed by atoms with van der Waals surface area (Å²) in [4.78, 5) is 4.11. The van der Waals surface area contributed by atoms with Crippen molar-refractivity contribution in [2.24, 2.45) is 5.41 Å². The Morgan fingerprint density at radius 3 is 2.67 bits per heavy atom. The van der Waals surface area contributed by atoms with Gasteiger partial charge in [-0.15, -0.1) is 0 Å². The van der Waals surface area contributed by atoms with Crippen LogP contribution in [0.2, 0.25) is 0 Å². The molecule has 5 heteroatoms. The van der Waals surface area contributed by atoms with Gasteiger partial charge in [-0.05, 0) is 12.5 Å². The molecule has 5 nitrogen and oxygen atoms in total. The number of benzene rings is 1. The van der Waals surface area contributed by atoms with E-state index in [1.54, 1.807) is 6.92 Å².